The van der Waals surface area contributed by atoms with Gasteiger partial charge in [0.2, 0.25) is 5.91 Å². The van der Waals surface area contributed by atoms with Crippen LogP contribution in [0.2, 0.25) is 5.02 Å². The molecule has 4 rings (SSSR count). The molecule has 0 radical (unpaired) electrons. The van der Waals surface area contributed by atoms with Gasteiger partial charge >= 0.3 is 0 Å². The van der Waals surface area contributed by atoms with Crippen molar-refractivity contribution in [3.63, 3.8) is 0 Å². The summed E-state index contributed by atoms with van der Waals surface area (Å²) in [6.07, 6.45) is 0.198. The van der Waals surface area contributed by atoms with Gasteiger partial charge in [0.25, 0.3) is 5.56 Å². The summed E-state index contributed by atoms with van der Waals surface area (Å²) in [5.41, 5.74) is 2.02. The fraction of sp³-hybridized carbons (Fsp3) is 0.261. The van der Waals surface area contributed by atoms with E-state index < -0.39 is 0 Å². The number of rotatable bonds is 6. The van der Waals surface area contributed by atoms with Gasteiger partial charge in [0.1, 0.15) is 11.6 Å². The minimum absolute atomic E-state index is 0.130. The van der Waals surface area contributed by atoms with Crippen molar-refractivity contribution in [2.45, 2.75) is 30.2 Å². The number of ether oxygens (including phenoxy) is 1. The van der Waals surface area contributed by atoms with Crippen molar-refractivity contribution in [2.75, 3.05) is 11.9 Å². The van der Waals surface area contributed by atoms with E-state index in [-0.39, 0.29) is 23.8 Å². The molecule has 31 heavy (non-hydrogen) atoms. The lowest BCUT2D eigenvalue weighted by Crippen LogP contribution is -2.33. The highest BCUT2D eigenvalue weighted by molar-refractivity contribution is 7.98. The molecule has 1 N–H and O–H groups in total. The van der Waals surface area contributed by atoms with E-state index >= 15 is 0 Å². The van der Waals surface area contributed by atoms with E-state index in [0.717, 1.165) is 16.9 Å². The Balaban J connectivity index is 1.68. The molecule has 2 heterocycles. The van der Waals surface area contributed by atoms with E-state index in [0.29, 0.717) is 33.9 Å². The number of hydrogen-bond donors (Lipinski definition) is 1. The Labute approximate surface area is 189 Å². The maximum Gasteiger partial charge on any atom is 0.279 e. The number of thioether (sulfide) groups is 1. The number of benzene rings is 2. The number of hydrogen-bond acceptors (Lipinski definition) is 5. The Morgan fingerprint density at radius 3 is 2.65 bits per heavy atom. The van der Waals surface area contributed by atoms with Gasteiger partial charge < -0.3 is 14.6 Å². The zero-order valence-corrected chi connectivity index (χ0v) is 18.8. The first-order valence-electron chi connectivity index (χ1n) is 9.97. The van der Waals surface area contributed by atoms with E-state index in [1.165, 1.54) is 11.8 Å². The second kappa shape index (κ2) is 9.16. The monoisotopic (exact) mass is 455 g/mol. The molecule has 2 aromatic carbocycles. The van der Waals surface area contributed by atoms with Gasteiger partial charge in [-0.2, -0.15) is 4.98 Å². The van der Waals surface area contributed by atoms with Gasteiger partial charge in [0, 0.05) is 30.2 Å². The number of aromatic nitrogens is 2. The smallest absolute Gasteiger partial charge is 0.279 e. The van der Waals surface area contributed by atoms with Crippen LogP contribution in [0.25, 0.3) is 0 Å². The predicted molar refractivity (Wildman–Crippen MR) is 123 cm³/mol. The minimum Gasteiger partial charge on any atom is -0.494 e. The van der Waals surface area contributed by atoms with Crippen molar-refractivity contribution < 1.29 is 9.53 Å². The van der Waals surface area contributed by atoms with E-state index in [9.17, 15) is 9.59 Å². The first kappa shape index (κ1) is 21.5. The highest BCUT2D eigenvalue weighted by atomic mass is 35.5. The summed E-state index contributed by atoms with van der Waals surface area (Å²) in [6, 6.07) is 15.1. The molecular formula is C23H22ClN3O3S. The third kappa shape index (κ3) is 4.48. The Morgan fingerprint density at radius 2 is 1.94 bits per heavy atom. The number of fused-ring (bicyclic) bond motifs is 1. The zero-order valence-electron chi connectivity index (χ0n) is 17.2. The van der Waals surface area contributed by atoms with E-state index in [4.69, 9.17) is 16.3 Å². The Morgan fingerprint density at radius 1 is 1.19 bits per heavy atom. The first-order chi connectivity index (χ1) is 15.0. The topological polar surface area (TPSA) is 73.2 Å². The highest BCUT2D eigenvalue weighted by Gasteiger charge is 2.32. The maximum atomic E-state index is 13.0. The second-order valence-corrected chi connectivity index (χ2v) is 8.56. The summed E-state index contributed by atoms with van der Waals surface area (Å²) < 4.78 is 7.27. The van der Waals surface area contributed by atoms with Crippen molar-refractivity contribution in [2.24, 2.45) is 7.05 Å². The molecule has 1 aliphatic heterocycles. The van der Waals surface area contributed by atoms with Crippen LogP contribution >= 0.6 is 23.4 Å². The molecular weight excluding hydrogens is 434 g/mol. The summed E-state index contributed by atoms with van der Waals surface area (Å²) in [4.78, 5) is 29.8. The first-order valence-corrected chi connectivity index (χ1v) is 11.3. The standard InChI is InChI=1S/C23H22ClN3O3S/c1-3-30-16-10-8-14(9-11-16)17-12-19(28)25-21-20(17)22(29)26-23(27(21)2)31-13-15-6-4-5-7-18(15)24/h4-11,17H,3,12-13H2,1-2H3,(H,25,28). The molecule has 6 nitrogen and oxygen atoms in total. The molecule has 1 amide bonds. The number of nitrogens with one attached hydrogen (secondary N) is 1. The van der Waals surface area contributed by atoms with Crippen molar-refractivity contribution >= 4 is 35.1 Å². The lowest BCUT2D eigenvalue weighted by Gasteiger charge is -2.27. The molecule has 0 saturated carbocycles. The molecule has 0 saturated heterocycles. The fourth-order valence-electron chi connectivity index (χ4n) is 3.67. The van der Waals surface area contributed by atoms with E-state index in [2.05, 4.69) is 10.3 Å². The third-order valence-electron chi connectivity index (χ3n) is 5.21. The Kier molecular flexibility index (Phi) is 6.34. The van der Waals surface area contributed by atoms with Gasteiger partial charge in [-0.05, 0) is 36.2 Å². The van der Waals surface area contributed by atoms with Gasteiger partial charge in [-0.1, -0.05) is 53.7 Å². The molecule has 1 aromatic heterocycles. The molecule has 0 spiro atoms. The van der Waals surface area contributed by atoms with Crippen molar-refractivity contribution in [3.05, 3.63) is 80.6 Å². The number of anilines is 1. The molecule has 0 aliphatic carbocycles. The molecule has 1 atom stereocenters. The van der Waals surface area contributed by atoms with Crippen LogP contribution in [0, 0.1) is 0 Å². The van der Waals surface area contributed by atoms with Crippen LogP contribution in [-0.4, -0.2) is 22.1 Å². The molecule has 0 fully saturated rings. The Bertz CT molecular complexity index is 1180. The summed E-state index contributed by atoms with van der Waals surface area (Å²) in [5, 5.41) is 4.06. The van der Waals surface area contributed by atoms with Crippen molar-refractivity contribution in [1.29, 1.82) is 0 Å². The van der Waals surface area contributed by atoms with Crippen LogP contribution in [0.3, 0.4) is 0 Å². The average molecular weight is 456 g/mol. The van der Waals surface area contributed by atoms with Gasteiger partial charge in [-0.3, -0.25) is 9.59 Å². The summed E-state index contributed by atoms with van der Waals surface area (Å²) in [7, 11) is 1.81. The van der Waals surface area contributed by atoms with Gasteiger partial charge in [0.15, 0.2) is 5.16 Å². The number of halogens is 1. The van der Waals surface area contributed by atoms with Crippen LogP contribution in [-0.2, 0) is 17.6 Å². The third-order valence-corrected chi connectivity index (χ3v) is 6.66. The average Bonchev–Trinajstić information content (AvgIpc) is 2.76. The molecule has 0 bridgehead atoms. The number of nitrogens with zero attached hydrogens (tertiary/aromatic N) is 2. The number of amides is 1. The Hall–Kier alpha value is -2.77. The van der Waals surface area contributed by atoms with Crippen LogP contribution in [0.1, 0.15) is 36.0 Å². The van der Waals surface area contributed by atoms with Gasteiger partial charge in [-0.15, -0.1) is 0 Å². The van der Waals surface area contributed by atoms with Crippen molar-refractivity contribution in [1.82, 2.24) is 9.55 Å². The fourth-order valence-corrected chi connectivity index (χ4v) is 4.92. The molecule has 1 aliphatic rings. The second-order valence-electron chi connectivity index (χ2n) is 7.21. The van der Waals surface area contributed by atoms with Crippen LogP contribution in [0.15, 0.2) is 58.5 Å². The lowest BCUT2D eigenvalue weighted by molar-refractivity contribution is -0.116. The lowest BCUT2D eigenvalue weighted by atomic mass is 9.87. The predicted octanol–water partition coefficient (Wildman–Crippen LogP) is 4.60. The molecule has 1 unspecified atom stereocenters. The molecule has 3 aromatic rings. The van der Waals surface area contributed by atoms with E-state index in [1.807, 2.05) is 55.5 Å². The van der Waals surface area contributed by atoms with Gasteiger partial charge in [-0.25, -0.2) is 0 Å². The van der Waals surface area contributed by atoms with E-state index in [1.54, 1.807) is 11.6 Å². The SMILES string of the molecule is CCOc1ccc(C2CC(=O)Nc3c2c(=O)nc(SCc2ccccc2Cl)n3C)cc1. The summed E-state index contributed by atoms with van der Waals surface area (Å²) in [6.45, 7) is 2.50. The van der Waals surface area contributed by atoms with Crippen molar-refractivity contribution in [3.8, 4) is 5.75 Å². The van der Waals surface area contributed by atoms with Crippen LogP contribution in [0.5, 0.6) is 5.75 Å². The molecule has 160 valence electrons. The normalized spacial score (nSPS) is 15.3. The quantitative estimate of drug-likeness (QED) is 0.434. The summed E-state index contributed by atoms with van der Waals surface area (Å²) in [5.74, 6) is 1.33. The summed E-state index contributed by atoms with van der Waals surface area (Å²) >= 11 is 7.65. The molecule has 8 heteroatoms. The largest absolute Gasteiger partial charge is 0.494 e. The van der Waals surface area contributed by atoms with Crippen LogP contribution < -0.4 is 15.6 Å². The van der Waals surface area contributed by atoms with Crippen LogP contribution in [0.4, 0.5) is 5.82 Å². The number of carbonyl (C=O) groups excluding carboxylic acids is 1. The van der Waals surface area contributed by atoms with Gasteiger partial charge in [0.05, 0.1) is 12.2 Å². The minimum atomic E-state index is -0.353. The zero-order chi connectivity index (χ0) is 22.0. The highest BCUT2D eigenvalue weighted by Crippen LogP contribution is 2.36. The number of carbonyl (C=O) groups is 1. The maximum absolute atomic E-state index is 13.0.